The highest BCUT2D eigenvalue weighted by Gasteiger charge is 2.08. The smallest absolute Gasteiger partial charge is 0.168 e. The summed E-state index contributed by atoms with van der Waals surface area (Å²) >= 11 is 5.56. The predicted octanol–water partition coefficient (Wildman–Crippen LogP) is 3.30. The molecular weight excluding hydrogens is 241 g/mol. The van der Waals surface area contributed by atoms with Crippen LogP contribution in [0.3, 0.4) is 0 Å². The minimum absolute atomic E-state index is 0.0579. The number of benzene rings is 1. The summed E-state index contributed by atoms with van der Waals surface area (Å²) in [4.78, 5) is 15.7. The van der Waals surface area contributed by atoms with Gasteiger partial charge >= 0.3 is 0 Å². The Morgan fingerprint density at radius 3 is 2.82 bits per heavy atom. The lowest BCUT2D eigenvalue weighted by atomic mass is 10.0. The molecule has 1 heterocycles. The standard InChI is InChI=1S/C13H9ClFNO/c14-11-4-3-9(6-12(11)15)7-13(17)10-2-1-5-16-8-10/h1-6,8H,7H2. The van der Waals surface area contributed by atoms with Crippen molar-refractivity contribution >= 4 is 17.4 Å². The number of ketones is 1. The zero-order chi connectivity index (χ0) is 12.3. The summed E-state index contributed by atoms with van der Waals surface area (Å²) in [5.74, 6) is -0.608. The van der Waals surface area contributed by atoms with Gasteiger partial charge in [-0.15, -0.1) is 0 Å². The van der Waals surface area contributed by atoms with Crippen LogP contribution >= 0.6 is 11.6 Å². The molecule has 0 aliphatic carbocycles. The summed E-state index contributed by atoms with van der Waals surface area (Å²) in [5.41, 5.74) is 1.11. The minimum Gasteiger partial charge on any atom is -0.294 e. The van der Waals surface area contributed by atoms with Crippen LogP contribution in [-0.2, 0) is 6.42 Å². The van der Waals surface area contributed by atoms with Crippen molar-refractivity contribution in [2.45, 2.75) is 6.42 Å². The van der Waals surface area contributed by atoms with E-state index in [0.717, 1.165) is 0 Å². The third-order valence-electron chi connectivity index (χ3n) is 2.33. The normalized spacial score (nSPS) is 10.2. The predicted molar refractivity (Wildman–Crippen MR) is 63.7 cm³/mol. The van der Waals surface area contributed by atoms with Crippen molar-refractivity contribution < 1.29 is 9.18 Å². The van der Waals surface area contributed by atoms with Gasteiger partial charge in [-0.2, -0.15) is 0 Å². The Balaban J connectivity index is 2.16. The van der Waals surface area contributed by atoms with Crippen molar-refractivity contribution in [3.05, 3.63) is 64.7 Å². The van der Waals surface area contributed by atoms with Gasteiger partial charge in [0.05, 0.1) is 5.02 Å². The van der Waals surface area contributed by atoms with E-state index in [0.29, 0.717) is 11.1 Å². The number of rotatable bonds is 3. The van der Waals surface area contributed by atoms with E-state index in [-0.39, 0.29) is 17.2 Å². The van der Waals surface area contributed by atoms with Crippen LogP contribution < -0.4 is 0 Å². The number of nitrogens with zero attached hydrogens (tertiary/aromatic N) is 1. The lowest BCUT2D eigenvalue weighted by Crippen LogP contribution is -2.04. The molecule has 0 saturated carbocycles. The molecule has 0 amide bonds. The molecule has 0 radical (unpaired) electrons. The molecule has 2 nitrogen and oxygen atoms in total. The Hall–Kier alpha value is -1.74. The van der Waals surface area contributed by atoms with Crippen molar-refractivity contribution in [3.63, 3.8) is 0 Å². The van der Waals surface area contributed by atoms with E-state index >= 15 is 0 Å². The quantitative estimate of drug-likeness (QED) is 0.782. The van der Waals surface area contributed by atoms with Crippen molar-refractivity contribution in [2.24, 2.45) is 0 Å². The summed E-state index contributed by atoms with van der Waals surface area (Å²) in [6.45, 7) is 0. The largest absolute Gasteiger partial charge is 0.294 e. The third kappa shape index (κ3) is 2.88. The van der Waals surface area contributed by atoms with Gasteiger partial charge in [-0.25, -0.2) is 4.39 Å². The second-order valence-corrected chi connectivity index (χ2v) is 4.00. The Morgan fingerprint density at radius 2 is 2.18 bits per heavy atom. The van der Waals surface area contributed by atoms with Gasteiger partial charge in [-0.1, -0.05) is 17.7 Å². The molecule has 17 heavy (non-hydrogen) atoms. The van der Waals surface area contributed by atoms with Crippen LogP contribution in [0.25, 0.3) is 0 Å². The van der Waals surface area contributed by atoms with E-state index in [2.05, 4.69) is 4.98 Å². The summed E-state index contributed by atoms with van der Waals surface area (Å²) < 4.78 is 13.2. The maximum Gasteiger partial charge on any atom is 0.168 e. The topological polar surface area (TPSA) is 30.0 Å². The SMILES string of the molecule is O=C(Cc1ccc(Cl)c(F)c1)c1cccnc1. The van der Waals surface area contributed by atoms with Gasteiger partial charge < -0.3 is 0 Å². The first-order chi connectivity index (χ1) is 8.16. The molecule has 0 unspecified atom stereocenters. The molecule has 2 rings (SSSR count). The van der Waals surface area contributed by atoms with Crippen LogP contribution in [-0.4, -0.2) is 10.8 Å². The highest BCUT2D eigenvalue weighted by atomic mass is 35.5. The van der Waals surface area contributed by atoms with E-state index in [1.54, 1.807) is 24.4 Å². The number of halogens is 2. The number of hydrogen-bond acceptors (Lipinski definition) is 2. The highest BCUT2D eigenvalue weighted by molar-refractivity contribution is 6.30. The van der Waals surface area contributed by atoms with Gasteiger partial charge in [0.15, 0.2) is 5.78 Å². The number of carbonyl (C=O) groups is 1. The lowest BCUT2D eigenvalue weighted by Gasteiger charge is -2.02. The van der Waals surface area contributed by atoms with Crippen LogP contribution in [0, 0.1) is 5.82 Å². The molecule has 0 fully saturated rings. The first kappa shape index (κ1) is 11.7. The Kier molecular flexibility index (Phi) is 3.49. The molecule has 0 spiro atoms. The van der Waals surface area contributed by atoms with Crippen LogP contribution in [0.4, 0.5) is 4.39 Å². The zero-order valence-electron chi connectivity index (χ0n) is 8.86. The van der Waals surface area contributed by atoms with Gasteiger partial charge in [-0.05, 0) is 29.8 Å². The van der Waals surface area contributed by atoms with Crippen molar-refractivity contribution in [1.29, 1.82) is 0 Å². The number of pyridine rings is 1. The molecule has 86 valence electrons. The molecule has 0 aliphatic rings. The monoisotopic (exact) mass is 249 g/mol. The number of Topliss-reactive ketones (excluding diaryl/α,β-unsaturated/α-hetero) is 1. The number of hydrogen-bond donors (Lipinski definition) is 0. The van der Waals surface area contributed by atoms with E-state index in [1.807, 2.05) is 0 Å². The summed E-state index contributed by atoms with van der Waals surface area (Å²) in [6.07, 6.45) is 3.23. The number of carbonyl (C=O) groups excluding carboxylic acids is 1. The fourth-order valence-electron chi connectivity index (χ4n) is 1.46. The van der Waals surface area contributed by atoms with Crippen molar-refractivity contribution in [1.82, 2.24) is 4.98 Å². The first-order valence-corrected chi connectivity index (χ1v) is 5.42. The molecule has 0 atom stereocenters. The first-order valence-electron chi connectivity index (χ1n) is 5.04. The van der Waals surface area contributed by atoms with E-state index in [9.17, 15) is 9.18 Å². The van der Waals surface area contributed by atoms with Gasteiger partial charge in [0.2, 0.25) is 0 Å². The van der Waals surface area contributed by atoms with Crippen LogP contribution in [0.2, 0.25) is 5.02 Å². The lowest BCUT2D eigenvalue weighted by molar-refractivity contribution is 0.0992. The van der Waals surface area contributed by atoms with Crippen LogP contribution in [0.1, 0.15) is 15.9 Å². The molecule has 0 bridgehead atoms. The molecule has 0 saturated heterocycles. The fraction of sp³-hybridized carbons (Fsp3) is 0.0769. The highest BCUT2D eigenvalue weighted by Crippen LogP contribution is 2.16. The Bertz CT molecular complexity index is 542. The van der Waals surface area contributed by atoms with Crippen LogP contribution in [0.15, 0.2) is 42.7 Å². The van der Waals surface area contributed by atoms with E-state index in [4.69, 9.17) is 11.6 Å². The molecule has 1 aromatic carbocycles. The Labute approximate surface area is 103 Å². The molecule has 1 aromatic heterocycles. The summed E-state index contributed by atoms with van der Waals surface area (Å²) in [5, 5.41) is 0.0579. The fourth-order valence-corrected chi connectivity index (χ4v) is 1.58. The molecule has 0 N–H and O–H groups in total. The maximum absolute atomic E-state index is 13.2. The van der Waals surface area contributed by atoms with E-state index < -0.39 is 5.82 Å². The third-order valence-corrected chi connectivity index (χ3v) is 2.64. The number of aromatic nitrogens is 1. The summed E-state index contributed by atoms with van der Waals surface area (Å²) in [7, 11) is 0. The minimum atomic E-state index is -0.511. The molecule has 0 aliphatic heterocycles. The second kappa shape index (κ2) is 5.06. The molecule has 2 aromatic rings. The van der Waals surface area contributed by atoms with Gasteiger partial charge in [0.1, 0.15) is 5.82 Å². The zero-order valence-corrected chi connectivity index (χ0v) is 9.62. The molecule has 4 heteroatoms. The average molecular weight is 250 g/mol. The van der Waals surface area contributed by atoms with Crippen molar-refractivity contribution in [3.8, 4) is 0 Å². The van der Waals surface area contributed by atoms with Gasteiger partial charge in [0.25, 0.3) is 0 Å². The maximum atomic E-state index is 13.2. The van der Waals surface area contributed by atoms with Gasteiger partial charge in [-0.3, -0.25) is 9.78 Å². The average Bonchev–Trinajstić information content (AvgIpc) is 2.35. The van der Waals surface area contributed by atoms with Crippen LogP contribution in [0.5, 0.6) is 0 Å². The van der Waals surface area contributed by atoms with E-state index in [1.165, 1.54) is 18.3 Å². The Morgan fingerprint density at radius 1 is 1.35 bits per heavy atom. The molecular formula is C13H9ClFNO. The summed E-state index contributed by atoms with van der Waals surface area (Å²) in [6, 6.07) is 7.73. The van der Waals surface area contributed by atoms with Crippen molar-refractivity contribution in [2.75, 3.05) is 0 Å². The van der Waals surface area contributed by atoms with Gasteiger partial charge in [0, 0.05) is 24.4 Å². The second-order valence-electron chi connectivity index (χ2n) is 3.59.